The molecule has 0 heterocycles. The Kier molecular flexibility index (Phi) is 3.94. The van der Waals surface area contributed by atoms with Crippen LogP contribution in [-0.4, -0.2) is 18.0 Å². The molecule has 0 spiro atoms. The lowest BCUT2D eigenvalue weighted by Crippen LogP contribution is -2.17. The highest BCUT2D eigenvalue weighted by molar-refractivity contribution is 5.97. The van der Waals surface area contributed by atoms with E-state index in [0.29, 0.717) is 5.75 Å². The van der Waals surface area contributed by atoms with Gasteiger partial charge in [-0.2, -0.15) is 0 Å². The Bertz CT molecular complexity index is 439. The molecule has 0 atom stereocenters. The summed E-state index contributed by atoms with van der Waals surface area (Å²) in [5.41, 5.74) is 0.381. The van der Waals surface area contributed by atoms with Crippen molar-refractivity contribution in [1.29, 1.82) is 0 Å². The number of methoxy groups -OCH3 is 1. The fraction of sp³-hybridized carbons (Fsp3) is 0.357. The number of phenolic OH excluding ortho intramolecular Hbond substituents is 1. The highest BCUT2D eigenvalue weighted by Crippen LogP contribution is 2.27. The number of hydrogen-bond donors (Lipinski definition) is 1. The fourth-order valence-corrected chi connectivity index (χ4v) is 1.23. The molecule has 3 nitrogen and oxygen atoms in total. The van der Waals surface area contributed by atoms with E-state index in [1.54, 1.807) is 24.3 Å². The van der Waals surface area contributed by atoms with E-state index in [1.165, 1.54) is 13.2 Å². The maximum atomic E-state index is 11.7. The van der Waals surface area contributed by atoms with Gasteiger partial charge in [-0.3, -0.25) is 4.79 Å². The molecule has 1 aromatic rings. The Hall–Kier alpha value is -1.77. The van der Waals surface area contributed by atoms with E-state index >= 15 is 0 Å². The van der Waals surface area contributed by atoms with Gasteiger partial charge in [-0.25, -0.2) is 0 Å². The summed E-state index contributed by atoms with van der Waals surface area (Å²) in [7, 11) is 1.49. The lowest BCUT2D eigenvalue weighted by atomic mass is 9.90. The average molecular weight is 234 g/mol. The van der Waals surface area contributed by atoms with Crippen molar-refractivity contribution in [2.45, 2.75) is 20.8 Å². The standard InChI is InChI=1S/C14H18O3/c1-14(2,3)13(16)8-6-10-5-7-12(17-4)11(15)9-10/h5-9,15H,1-4H3. The minimum absolute atomic E-state index is 0.0489. The van der Waals surface area contributed by atoms with Crippen molar-refractivity contribution in [2.75, 3.05) is 7.11 Å². The Labute approximate surface area is 102 Å². The summed E-state index contributed by atoms with van der Waals surface area (Å²) in [6, 6.07) is 5.01. The first kappa shape index (κ1) is 13.3. The van der Waals surface area contributed by atoms with Gasteiger partial charge in [0.2, 0.25) is 0 Å². The van der Waals surface area contributed by atoms with Gasteiger partial charge >= 0.3 is 0 Å². The normalized spacial score (nSPS) is 11.8. The van der Waals surface area contributed by atoms with Gasteiger partial charge < -0.3 is 9.84 Å². The van der Waals surface area contributed by atoms with E-state index in [1.807, 2.05) is 20.8 Å². The molecule has 1 N–H and O–H groups in total. The van der Waals surface area contributed by atoms with Crippen LogP contribution in [0, 0.1) is 5.41 Å². The largest absolute Gasteiger partial charge is 0.504 e. The molecule has 0 unspecified atom stereocenters. The molecular formula is C14H18O3. The van der Waals surface area contributed by atoms with E-state index in [2.05, 4.69) is 0 Å². The second kappa shape index (κ2) is 5.04. The third-order valence-corrected chi connectivity index (χ3v) is 2.37. The summed E-state index contributed by atoms with van der Waals surface area (Å²) in [5.74, 6) is 0.537. The Balaban J connectivity index is 2.86. The second-order valence-electron chi connectivity index (χ2n) is 4.88. The molecule has 0 saturated heterocycles. The zero-order valence-electron chi connectivity index (χ0n) is 10.7. The molecule has 1 rings (SSSR count). The minimum atomic E-state index is -0.384. The quantitative estimate of drug-likeness (QED) is 0.818. The van der Waals surface area contributed by atoms with Gasteiger partial charge in [-0.15, -0.1) is 0 Å². The second-order valence-corrected chi connectivity index (χ2v) is 4.88. The molecule has 17 heavy (non-hydrogen) atoms. The number of benzene rings is 1. The molecule has 0 fully saturated rings. The van der Waals surface area contributed by atoms with E-state index in [-0.39, 0.29) is 16.9 Å². The Morgan fingerprint density at radius 2 is 2.00 bits per heavy atom. The zero-order chi connectivity index (χ0) is 13.1. The van der Waals surface area contributed by atoms with E-state index in [0.717, 1.165) is 5.56 Å². The van der Waals surface area contributed by atoms with Gasteiger partial charge in [-0.05, 0) is 23.8 Å². The average Bonchev–Trinajstić information content (AvgIpc) is 2.24. The number of hydrogen-bond acceptors (Lipinski definition) is 3. The topological polar surface area (TPSA) is 46.5 Å². The van der Waals surface area contributed by atoms with Crippen LogP contribution in [0.5, 0.6) is 11.5 Å². The van der Waals surface area contributed by atoms with Crippen molar-refractivity contribution in [2.24, 2.45) is 5.41 Å². The molecule has 92 valence electrons. The molecule has 0 aromatic heterocycles. The first-order valence-electron chi connectivity index (χ1n) is 5.44. The number of ketones is 1. The highest BCUT2D eigenvalue weighted by Gasteiger charge is 2.17. The number of carbonyl (C=O) groups is 1. The summed E-state index contributed by atoms with van der Waals surface area (Å²) in [5, 5.41) is 9.57. The summed E-state index contributed by atoms with van der Waals surface area (Å²) in [4.78, 5) is 11.7. The fourth-order valence-electron chi connectivity index (χ4n) is 1.23. The van der Waals surface area contributed by atoms with Gasteiger partial charge in [0.05, 0.1) is 7.11 Å². The highest BCUT2D eigenvalue weighted by atomic mass is 16.5. The molecule has 0 aliphatic rings. The van der Waals surface area contributed by atoms with Gasteiger partial charge in [0, 0.05) is 5.41 Å². The smallest absolute Gasteiger partial charge is 0.161 e. The predicted octanol–water partition coefficient (Wildman–Crippen LogP) is 3.03. The maximum Gasteiger partial charge on any atom is 0.161 e. The van der Waals surface area contributed by atoms with Gasteiger partial charge in [0.15, 0.2) is 17.3 Å². The van der Waals surface area contributed by atoms with Gasteiger partial charge in [0.25, 0.3) is 0 Å². The Morgan fingerprint density at radius 1 is 1.35 bits per heavy atom. The summed E-state index contributed by atoms with van der Waals surface area (Å²) in [6.45, 7) is 5.60. The van der Waals surface area contributed by atoms with E-state index in [9.17, 15) is 9.90 Å². The minimum Gasteiger partial charge on any atom is -0.504 e. The molecule has 0 bridgehead atoms. The van der Waals surface area contributed by atoms with Crippen LogP contribution in [0.25, 0.3) is 6.08 Å². The third kappa shape index (κ3) is 3.63. The summed E-state index contributed by atoms with van der Waals surface area (Å²) >= 11 is 0. The van der Waals surface area contributed by atoms with Crippen LogP contribution >= 0.6 is 0 Å². The van der Waals surface area contributed by atoms with Crippen LogP contribution in [-0.2, 0) is 4.79 Å². The van der Waals surface area contributed by atoms with Crippen LogP contribution in [0.2, 0.25) is 0 Å². The predicted molar refractivity (Wildman–Crippen MR) is 68.2 cm³/mol. The lowest BCUT2D eigenvalue weighted by Gasteiger charge is -2.12. The van der Waals surface area contributed by atoms with Gasteiger partial charge in [-0.1, -0.05) is 32.9 Å². The zero-order valence-corrected chi connectivity index (χ0v) is 10.7. The number of ether oxygens (including phenoxy) is 1. The van der Waals surface area contributed by atoms with E-state index in [4.69, 9.17) is 4.74 Å². The first-order valence-corrected chi connectivity index (χ1v) is 5.44. The number of carbonyl (C=O) groups excluding carboxylic acids is 1. The van der Waals surface area contributed by atoms with Crippen molar-refractivity contribution < 1.29 is 14.6 Å². The van der Waals surface area contributed by atoms with Crippen LogP contribution in [0.1, 0.15) is 26.3 Å². The van der Waals surface area contributed by atoms with Crippen molar-refractivity contribution >= 4 is 11.9 Å². The molecule has 0 radical (unpaired) electrons. The number of rotatable bonds is 3. The molecule has 0 saturated carbocycles. The third-order valence-electron chi connectivity index (χ3n) is 2.37. The monoisotopic (exact) mass is 234 g/mol. The van der Waals surface area contributed by atoms with Crippen molar-refractivity contribution in [3.05, 3.63) is 29.8 Å². The molecular weight excluding hydrogens is 216 g/mol. The van der Waals surface area contributed by atoms with Gasteiger partial charge in [0.1, 0.15) is 0 Å². The molecule has 1 aromatic carbocycles. The van der Waals surface area contributed by atoms with Crippen molar-refractivity contribution in [3.63, 3.8) is 0 Å². The molecule has 0 amide bonds. The Morgan fingerprint density at radius 3 is 2.47 bits per heavy atom. The molecule has 0 aliphatic heterocycles. The van der Waals surface area contributed by atoms with E-state index < -0.39 is 0 Å². The summed E-state index contributed by atoms with van der Waals surface area (Å²) in [6.07, 6.45) is 3.22. The van der Waals surface area contributed by atoms with Crippen molar-refractivity contribution in [1.82, 2.24) is 0 Å². The number of allylic oxidation sites excluding steroid dienone is 1. The van der Waals surface area contributed by atoms with Crippen LogP contribution < -0.4 is 4.74 Å². The molecule has 0 aliphatic carbocycles. The van der Waals surface area contributed by atoms with Crippen LogP contribution in [0.4, 0.5) is 0 Å². The number of phenols is 1. The van der Waals surface area contributed by atoms with Crippen LogP contribution in [0.3, 0.4) is 0 Å². The lowest BCUT2D eigenvalue weighted by molar-refractivity contribution is -0.121. The SMILES string of the molecule is COc1ccc(C=CC(=O)C(C)(C)C)cc1O. The maximum absolute atomic E-state index is 11.7. The van der Waals surface area contributed by atoms with Crippen molar-refractivity contribution in [3.8, 4) is 11.5 Å². The molecule has 3 heteroatoms. The number of aromatic hydroxyl groups is 1. The van der Waals surface area contributed by atoms with Crippen LogP contribution in [0.15, 0.2) is 24.3 Å². The first-order chi connectivity index (χ1) is 7.84. The summed E-state index contributed by atoms with van der Waals surface area (Å²) < 4.78 is 4.94.